The van der Waals surface area contributed by atoms with Crippen molar-refractivity contribution < 1.29 is 24.2 Å². The highest BCUT2D eigenvalue weighted by atomic mass is 16.5. The van der Waals surface area contributed by atoms with Crippen molar-refractivity contribution in [3.8, 4) is 5.75 Å². The smallest absolute Gasteiger partial charge is 0.341 e. The Balaban J connectivity index is 1.69. The highest BCUT2D eigenvalue weighted by molar-refractivity contribution is 6.04. The molecule has 0 radical (unpaired) electrons. The lowest BCUT2D eigenvalue weighted by Gasteiger charge is -2.21. The maximum Gasteiger partial charge on any atom is 0.341 e. The number of benzene rings is 2. The number of anilines is 1. The first kappa shape index (κ1) is 18.4. The van der Waals surface area contributed by atoms with Gasteiger partial charge in [0.05, 0.1) is 0 Å². The minimum absolute atomic E-state index is 0.0320. The van der Waals surface area contributed by atoms with Gasteiger partial charge in [-0.25, -0.2) is 4.79 Å². The average Bonchev–Trinajstić information content (AvgIpc) is 2.94. The van der Waals surface area contributed by atoms with E-state index in [9.17, 15) is 14.4 Å². The first-order valence-electron chi connectivity index (χ1n) is 8.59. The highest BCUT2D eigenvalue weighted by Crippen LogP contribution is 2.26. The number of para-hydroxylation sites is 1. The van der Waals surface area contributed by atoms with E-state index in [4.69, 9.17) is 9.84 Å². The van der Waals surface area contributed by atoms with Crippen LogP contribution in [-0.4, -0.2) is 41.6 Å². The standard InChI is InChI=1S/C20H20N2O5/c1-13-10-17(20(26)22(13)15-7-3-2-4-8-15)21-19(25)14-6-5-9-16(11-14)27-12-18(23)24/h2-9,11,13,17H,10,12H2,1H3,(H,21,25)(H,23,24). The molecule has 0 bridgehead atoms. The monoisotopic (exact) mass is 368 g/mol. The Bertz CT molecular complexity index is 852. The van der Waals surface area contributed by atoms with Crippen molar-refractivity contribution in [1.29, 1.82) is 0 Å². The van der Waals surface area contributed by atoms with Gasteiger partial charge in [-0.3, -0.25) is 9.59 Å². The van der Waals surface area contributed by atoms with Crippen LogP contribution in [0.1, 0.15) is 23.7 Å². The summed E-state index contributed by atoms with van der Waals surface area (Å²) in [6, 6.07) is 14.9. The summed E-state index contributed by atoms with van der Waals surface area (Å²) in [7, 11) is 0. The summed E-state index contributed by atoms with van der Waals surface area (Å²) in [4.78, 5) is 37.6. The lowest BCUT2D eigenvalue weighted by Crippen LogP contribution is -2.41. The molecule has 7 nitrogen and oxygen atoms in total. The summed E-state index contributed by atoms with van der Waals surface area (Å²) < 4.78 is 5.09. The SMILES string of the molecule is CC1CC(NC(=O)c2cccc(OCC(=O)O)c2)C(=O)N1c1ccccc1. The molecule has 2 amide bonds. The first-order chi connectivity index (χ1) is 13.0. The van der Waals surface area contributed by atoms with E-state index in [0.717, 1.165) is 5.69 Å². The summed E-state index contributed by atoms with van der Waals surface area (Å²) in [5, 5.41) is 11.4. The number of carbonyl (C=O) groups is 3. The third-order valence-corrected chi connectivity index (χ3v) is 4.35. The van der Waals surface area contributed by atoms with Crippen LogP contribution in [0.2, 0.25) is 0 Å². The molecule has 1 saturated heterocycles. The van der Waals surface area contributed by atoms with E-state index in [2.05, 4.69) is 5.32 Å². The van der Waals surface area contributed by atoms with Gasteiger partial charge in [0.15, 0.2) is 6.61 Å². The van der Waals surface area contributed by atoms with Gasteiger partial charge in [0.25, 0.3) is 5.91 Å². The van der Waals surface area contributed by atoms with Crippen molar-refractivity contribution in [1.82, 2.24) is 5.32 Å². The molecular weight excluding hydrogens is 348 g/mol. The lowest BCUT2D eigenvalue weighted by atomic mass is 10.1. The molecule has 2 aromatic rings. The summed E-state index contributed by atoms with van der Waals surface area (Å²) in [6.45, 7) is 1.45. The molecule has 2 N–H and O–H groups in total. The fraction of sp³-hybridized carbons (Fsp3) is 0.250. The van der Waals surface area contributed by atoms with E-state index in [-0.39, 0.29) is 17.7 Å². The second kappa shape index (κ2) is 7.90. The van der Waals surface area contributed by atoms with Crippen LogP contribution in [0.15, 0.2) is 54.6 Å². The highest BCUT2D eigenvalue weighted by Gasteiger charge is 2.38. The Kier molecular flexibility index (Phi) is 5.40. The second-order valence-electron chi connectivity index (χ2n) is 6.36. The number of hydrogen-bond acceptors (Lipinski definition) is 4. The van der Waals surface area contributed by atoms with Crippen LogP contribution >= 0.6 is 0 Å². The fourth-order valence-corrected chi connectivity index (χ4v) is 3.14. The Morgan fingerprint density at radius 1 is 1.19 bits per heavy atom. The molecule has 0 aliphatic carbocycles. The fourth-order valence-electron chi connectivity index (χ4n) is 3.14. The van der Waals surface area contributed by atoms with Crippen molar-refractivity contribution in [3.63, 3.8) is 0 Å². The lowest BCUT2D eigenvalue weighted by molar-refractivity contribution is -0.139. The molecule has 140 valence electrons. The third-order valence-electron chi connectivity index (χ3n) is 4.35. The number of amides is 2. The van der Waals surface area contributed by atoms with Crippen molar-refractivity contribution in [2.24, 2.45) is 0 Å². The Morgan fingerprint density at radius 3 is 2.63 bits per heavy atom. The number of rotatable bonds is 6. The van der Waals surface area contributed by atoms with E-state index in [1.165, 1.54) is 6.07 Å². The summed E-state index contributed by atoms with van der Waals surface area (Å²) >= 11 is 0. The molecule has 1 heterocycles. The van der Waals surface area contributed by atoms with Crippen LogP contribution < -0.4 is 15.0 Å². The number of nitrogens with zero attached hydrogens (tertiary/aromatic N) is 1. The first-order valence-corrected chi connectivity index (χ1v) is 8.59. The topological polar surface area (TPSA) is 95.9 Å². The van der Waals surface area contributed by atoms with Gasteiger partial charge in [0, 0.05) is 17.3 Å². The molecular formula is C20H20N2O5. The maximum atomic E-state index is 12.7. The van der Waals surface area contributed by atoms with Crippen LogP contribution in [-0.2, 0) is 9.59 Å². The minimum atomic E-state index is -1.10. The van der Waals surface area contributed by atoms with Crippen molar-refractivity contribution in [2.45, 2.75) is 25.4 Å². The van der Waals surface area contributed by atoms with Gasteiger partial charge < -0.3 is 20.1 Å². The summed E-state index contributed by atoms with van der Waals surface area (Å²) in [5.41, 5.74) is 1.10. The number of carbonyl (C=O) groups excluding carboxylic acids is 2. The van der Waals surface area contributed by atoms with Crippen LogP contribution in [0.5, 0.6) is 5.75 Å². The molecule has 3 rings (SSSR count). The molecule has 7 heteroatoms. The maximum absolute atomic E-state index is 12.7. The molecule has 27 heavy (non-hydrogen) atoms. The number of ether oxygens (including phenoxy) is 1. The zero-order valence-electron chi connectivity index (χ0n) is 14.8. The molecule has 1 fully saturated rings. The normalized spacial score (nSPS) is 19.0. The van der Waals surface area contributed by atoms with Crippen LogP contribution in [0.3, 0.4) is 0 Å². The molecule has 2 unspecified atom stereocenters. The van der Waals surface area contributed by atoms with E-state index in [0.29, 0.717) is 12.0 Å². The van der Waals surface area contributed by atoms with Crippen molar-refractivity contribution in [3.05, 3.63) is 60.2 Å². The summed E-state index contributed by atoms with van der Waals surface area (Å²) in [5.74, 6) is -1.38. The molecule has 2 aromatic carbocycles. The Hall–Kier alpha value is -3.35. The number of hydrogen-bond donors (Lipinski definition) is 2. The van der Waals surface area contributed by atoms with Crippen LogP contribution in [0.4, 0.5) is 5.69 Å². The minimum Gasteiger partial charge on any atom is -0.482 e. The van der Waals surface area contributed by atoms with Crippen LogP contribution in [0, 0.1) is 0 Å². The number of carboxylic acids is 1. The quantitative estimate of drug-likeness (QED) is 0.814. The molecule has 2 atom stereocenters. The van der Waals surface area contributed by atoms with Gasteiger partial charge in [-0.05, 0) is 43.7 Å². The van der Waals surface area contributed by atoms with E-state index >= 15 is 0 Å². The van der Waals surface area contributed by atoms with Crippen LogP contribution in [0.25, 0.3) is 0 Å². The van der Waals surface area contributed by atoms with E-state index < -0.39 is 24.5 Å². The predicted molar refractivity (Wildman–Crippen MR) is 98.8 cm³/mol. The zero-order chi connectivity index (χ0) is 19.4. The van der Waals surface area contributed by atoms with Gasteiger partial charge >= 0.3 is 5.97 Å². The van der Waals surface area contributed by atoms with Gasteiger partial charge in [0.2, 0.25) is 5.91 Å². The average molecular weight is 368 g/mol. The van der Waals surface area contributed by atoms with Gasteiger partial charge in [-0.2, -0.15) is 0 Å². The summed E-state index contributed by atoms with van der Waals surface area (Å²) in [6.07, 6.45) is 0.509. The number of nitrogens with one attached hydrogen (secondary N) is 1. The number of aliphatic carboxylic acids is 1. The van der Waals surface area contributed by atoms with Gasteiger partial charge in [-0.1, -0.05) is 24.3 Å². The van der Waals surface area contributed by atoms with E-state index in [1.54, 1.807) is 23.1 Å². The van der Waals surface area contributed by atoms with Gasteiger partial charge in [-0.15, -0.1) is 0 Å². The Labute approximate surface area is 156 Å². The molecule has 0 spiro atoms. The Morgan fingerprint density at radius 2 is 1.93 bits per heavy atom. The zero-order valence-corrected chi connectivity index (χ0v) is 14.8. The molecule has 0 aromatic heterocycles. The molecule has 1 aliphatic heterocycles. The molecule has 1 aliphatic rings. The van der Waals surface area contributed by atoms with Gasteiger partial charge in [0.1, 0.15) is 11.8 Å². The predicted octanol–water partition coefficient (Wildman–Crippen LogP) is 2.07. The van der Waals surface area contributed by atoms with E-state index in [1.807, 2.05) is 37.3 Å². The van der Waals surface area contributed by atoms with Crippen molar-refractivity contribution in [2.75, 3.05) is 11.5 Å². The number of carboxylic acid groups (broad SMARTS) is 1. The van der Waals surface area contributed by atoms with Crippen molar-refractivity contribution >= 4 is 23.5 Å². The third kappa shape index (κ3) is 4.25. The second-order valence-corrected chi connectivity index (χ2v) is 6.36. The largest absolute Gasteiger partial charge is 0.482 e. The molecule has 0 saturated carbocycles.